The number of piperidine rings is 1. The van der Waals surface area contributed by atoms with E-state index >= 15 is 0 Å². The maximum absolute atomic E-state index is 12.8. The summed E-state index contributed by atoms with van der Waals surface area (Å²) in [7, 11) is 0. The second-order valence-corrected chi connectivity index (χ2v) is 7.91. The van der Waals surface area contributed by atoms with Crippen molar-refractivity contribution >= 4 is 5.78 Å². The van der Waals surface area contributed by atoms with E-state index in [1.165, 1.54) is 12.0 Å². The monoisotopic (exact) mass is 337 g/mol. The Labute approximate surface area is 150 Å². The molecular weight excluding hydrogens is 310 g/mol. The summed E-state index contributed by atoms with van der Waals surface area (Å²) in [6.45, 7) is 7.17. The molecule has 0 amide bonds. The van der Waals surface area contributed by atoms with Crippen LogP contribution in [0.25, 0.3) is 0 Å². The van der Waals surface area contributed by atoms with Crippen LogP contribution in [0.1, 0.15) is 53.6 Å². The van der Waals surface area contributed by atoms with Gasteiger partial charge in [-0.1, -0.05) is 29.9 Å². The molecule has 1 saturated heterocycles. The minimum Gasteiger partial charge on any atom is -0.486 e. The van der Waals surface area contributed by atoms with Gasteiger partial charge in [0.2, 0.25) is 0 Å². The third kappa shape index (κ3) is 3.30. The third-order valence-corrected chi connectivity index (χ3v) is 5.81. The third-order valence-electron chi connectivity index (χ3n) is 5.81. The molecule has 3 nitrogen and oxygen atoms in total. The second-order valence-electron chi connectivity index (χ2n) is 7.91. The second kappa shape index (κ2) is 6.45. The summed E-state index contributed by atoms with van der Waals surface area (Å²) in [5, 5.41) is 0. The van der Waals surface area contributed by atoms with Gasteiger partial charge in [0.25, 0.3) is 0 Å². The number of fused-ring (bicyclic) bond motifs is 1. The van der Waals surface area contributed by atoms with Gasteiger partial charge in [0.15, 0.2) is 5.78 Å². The van der Waals surface area contributed by atoms with Crippen LogP contribution in [-0.2, 0) is 0 Å². The van der Waals surface area contributed by atoms with Crippen LogP contribution in [-0.4, -0.2) is 35.9 Å². The Morgan fingerprint density at radius 2 is 2.00 bits per heavy atom. The summed E-state index contributed by atoms with van der Waals surface area (Å²) >= 11 is 0. The number of aryl methyl sites for hydroxylation is 2. The lowest BCUT2D eigenvalue weighted by atomic mass is 9.81. The Kier molecular flexibility index (Phi) is 4.28. The standard InChI is InChI=1S/C22H27NO2/c1-16-12-17(2)21-19(13-16)20(24)14-22(25-21)8-10-23(11-9-22)15-18-6-4-3-5-7-18/h3-4,6,12-13H,5,7-11,14-15H2,1-2H3. The highest BCUT2D eigenvalue weighted by Crippen LogP contribution is 2.41. The number of hydrogen-bond donors (Lipinski definition) is 0. The number of rotatable bonds is 2. The molecule has 0 unspecified atom stereocenters. The van der Waals surface area contributed by atoms with E-state index in [0.717, 1.165) is 61.3 Å². The zero-order valence-corrected chi connectivity index (χ0v) is 15.3. The molecule has 1 fully saturated rings. The van der Waals surface area contributed by atoms with E-state index < -0.39 is 0 Å². The van der Waals surface area contributed by atoms with Gasteiger partial charge in [-0.15, -0.1) is 0 Å². The van der Waals surface area contributed by atoms with E-state index in [0.29, 0.717) is 6.42 Å². The first-order valence-corrected chi connectivity index (χ1v) is 9.45. The molecule has 1 aliphatic carbocycles. The maximum Gasteiger partial charge on any atom is 0.170 e. The van der Waals surface area contributed by atoms with Crippen molar-refractivity contribution in [3.63, 3.8) is 0 Å². The van der Waals surface area contributed by atoms with Gasteiger partial charge in [0, 0.05) is 32.5 Å². The van der Waals surface area contributed by atoms with Crippen LogP contribution < -0.4 is 4.74 Å². The lowest BCUT2D eigenvalue weighted by Crippen LogP contribution is -2.51. The highest BCUT2D eigenvalue weighted by atomic mass is 16.5. The van der Waals surface area contributed by atoms with Crippen molar-refractivity contribution in [3.8, 4) is 5.75 Å². The molecule has 132 valence electrons. The van der Waals surface area contributed by atoms with Gasteiger partial charge in [-0.2, -0.15) is 0 Å². The number of carbonyl (C=O) groups is 1. The number of allylic oxidation sites excluding steroid dienone is 3. The highest BCUT2D eigenvalue weighted by Gasteiger charge is 2.43. The average Bonchev–Trinajstić information content (AvgIpc) is 2.60. The van der Waals surface area contributed by atoms with Crippen molar-refractivity contribution in [2.75, 3.05) is 19.6 Å². The van der Waals surface area contributed by atoms with Crippen LogP contribution in [0.2, 0.25) is 0 Å². The lowest BCUT2D eigenvalue weighted by Gasteiger charge is -2.44. The molecule has 4 rings (SSSR count). The fraction of sp³-hybridized carbons (Fsp3) is 0.500. The summed E-state index contributed by atoms with van der Waals surface area (Å²) in [4.78, 5) is 15.3. The van der Waals surface area contributed by atoms with Crippen LogP contribution in [0.5, 0.6) is 5.75 Å². The van der Waals surface area contributed by atoms with Crippen LogP contribution in [0.15, 0.2) is 35.9 Å². The number of Topliss-reactive ketones (excluding diaryl/α,β-unsaturated/α-hetero) is 1. The first-order valence-electron chi connectivity index (χ1n) is 9.45. The lowest BCUT2D eigenvalue weighted by molar-refractivity contribution is -0.00770. The molecule has 0 saturated carbocycles. The molecule has 1 aromatic carbocycles. The molecular formula is C22H27NO2. The van der Waals surface area contributed by atoms with Gasteiger partial charge in [-0.05, 0) is 43.9 Å². The van der Waals surface area contributed by atoms with E-state index in [4.69, 9.17) is 4.74 Å². The SMILES string of the molecule is Cc1cc(C)c2c(c1)C(=O)CC1(CCN(CC3=CC=CCC3)CC1)O2. The molecule has 0 atom stereocenters. The summed E-state index contributed by atoms with van der Waals surface area (Å²) in [5.74, 6) is 1.08. The number of ether oxygens (including phenoxy) is 1. The molecule has 1 aromatic rings. The number of hydrogen-bond acceptors (Lipinski definition) is 3. The Balaban J connectivity index is 1.47. The summed E-state index contributed by atoms with van der Waals surface area (Å²) in [6, 6.07) is 4.10. The summed E-state index contributed by atoms with van der Waals surface area (Å²) in [6.07, 6.45) is 11.4. The fourth-order valence-electron chi connectivity index (χ4n) is 4.41. The Morgan fingerprint density at radius 3 is 2.72 bits per heavy atom. The molecule has 0 aromatic heterocycles. The van der Waals surface area contributed by atoms with Crippen molar-refractivity contribution in [2.24, 2.45) is 0 Å². The van der Waals surface area contributed by atoms with Crippen LogP contribution in [0.4, 0.5) is 0 Å². The minimum absolute atomic E-state index is 0.252. The molecule has 0 N–H and O–H groups in total. The fourth-order valence-corrected chi connectivity index (χ4v) is 4.41. The molecule has 0 radical (unpaired) electrons. The van der Waals surface area contributed by atoms with Gasteiger partial charge < -0.3 is 4.74 Å². The molecule has 1 spiro atoms. The van der Waals surface area contributed by atoms with E-state index in [2.05, 4.69) is 36.1 Å². The predicted octanol–water partition coefficient (Wildman–Crippen LogP) is 4.38. The molecule has 2 aliphatic heterocycles. The van der Waals surface area contributed by atoms with E-state index in [-0.39, 0.29) is 11.4 Å². The Hall–Kier alpha value is -1.87. The first kappa shape index (κ1) is 16.6. The number of ketones is 1. The van der Waals surface area contributed by atoms with Crippen molar-refractivity contribution in [1.82, 2.24) is 4.90 Å². The normalized spacial score (nSPS) is 22.5. The number of likely N-dealkylation sites (tertiary alicyclic amines) is 1. The van der Waals surface area contributed by atoms with E-state index in [1.54, 1.807) is 0 Å². The largest absolute Gasteiger partial charge is 0.486 e. The van der Waals surface area contributed by atoms with Crippen LogP contribution in [0.3, 0.4) is 0 Å². The van der Waals surface area contributed by atoms with Crippen molar-refractivity contribution in [1.29, 1.82) is 0 Å². The van der Waals surface area contributed by atoms with Gasteiger partial charge in [-0.25, -0.2) is 0 Å². The summed E-state index contributed by atoms with van der Waals surface area (Å²) in [5.41, 5.74) is 4.24. The van der Waals surface area contributed by atoms with Crippen molar-refractivity contribution < 1.29 is 9.53 Å². The zero-order chi connectivity index (χ0) is 17.4. The van der Waals surface area contributed by atoms with E-state index in [1.807, 2.05) is 13.0 Å². The average molecular weight is 337 g/mol. The zero-order valence-electron chi connectivity index (χ0n) is 15.3. The van der Waals surface area contributed by atoms with Crippen LogP contribution >= 0.6 is 0 Å². The highest BCUT2D eigenvalue weighted by molar-refractivity contribution is 6.01. The van der Waals surface area contributed by atoms with Gasteiger partial charge in [0.05, 0.1) is 12.0 Å². The number of carbonyl (C=O) groups excluding carboxylic acids is 1. The van der Waals surface area contributed by atoms with Crippen LogP contribution in [0, 0.1) is 13.8 Å². The number of nitrogens with zero attached hydrogens (tertiary/aromatic N) is 1. The predicted molar refractivity (Wildman–Crippen MR) is 100 cm³/mol. The van der Waals surface area contributed by atoms with E-state index in [9.17, 15) is 4.79 Å². The molecule has 3 aliphatic rings. The molecule has 25 heavy (non-hydrogen) atoms. The first-order chi connectivity index (χ1) is 12.0. The quantitative estimate of drug-likeness (QED) is 0.802. The molecule has 2 heterocycles. The molecule has 0 bridgehead atoms. The minimum atomic E-state index is -0.290. The van der Waals surface area contributed by atoms with Crippen molar-refractivity contribution in [2.45, 2.75) is 51.6 Å². The summed E-state index contributed by atoms with van der Waals surface area (Å²) < 4.78 is 6.48. The van der Waals surface area contributed by atoms with Gasteiger partial charge in [-0.3, -0.25) is 9.69 Å². The van der Waals surface area contributed by atoms with Gasteiger partial charge >= 0.3 is 0 Å². The maximum atomic E-state index is 12.8. The Morgan fingerprint density at radius 1 is 1.20 bits per heavy atom. The topological polar surface area (TPSA) is 29.5 Å². The smallest absolute Gasteiger partial charge is 0.170 e. The number of benzene rings is 1. The van der Waals surface area contributed by atoms with Crippen molar-refractivity contribution in [3.05, 3.63) is 52.6 Å². The molecule has 3 heteroatoms. The van der Waals surface area contributed by atoms with Gasteiger partial charge in [0.1, 0.15) is 11.4 Å². The Bertz CT molecular complexity index is 752.